The van der Waals surface area contributed by atoms with Crippen LogP contribution in [0.15, 0.2) is 84.4 Å². The van der Waals surface area contributed by atoms with E-state index in [9.17, 15) is 31.1 Å². The molecule has 0 saturated carbocycles. The van der Waals surface area contributed by atoms with Crippen LogP contribution in [0.3, 0.4) is 0 Å². The van der Waals surface area contributed by atoms with Gasteiger partial charge in [0.15, 0.2) is 0 Å². The number of halogens is 6. The lowest BCUT2D eigenvalue weighted by atomic mass is 10.0. The number of benzene rings is 3. The second-order valence-corrected chi connectivity index (χ2v) is 7.84. The minimum Gasteiger partial charge on any atom is -0.330 e. The first-order valence-corrected chi connectivity index (χ1v) is 10.3. The Morgan fingerprint density at radius 1 is 0.794 bits per heavy atom. The van der Waals surface area contributed by atoms with E-state index in [1.807, 2.05) is 30.3 Å². The molecule has 3 aromatic carbocycles. The highest BCUT2D eigenvalue weighted by molar-refractivity contribution is 5.95. The third kappa shape index (κ3) is 6.73. The van der Waals surface area contributed by atoms with Gasteiger partial charge in [-0.3, -0.25) is 4.79 Å². The molecule has 0 saturated heterocycles. The van der Waals surface area contributed by atoms with Gasteiger partial charge in [-0.05, 0) is 36.2 Å². The Labute approximate surface area is 193 Å². The van der Waals surface area contributed by atoms with Gasteiger partial charge in [0.25, 0.3) is 5.91 Å². The molecule has 0 spiro atoms. The fourth-order valence-corrected chi connectivity index (χ4v) is 3.44. The molecule has 0 heterocycles. The van der Waals surface area contributed by atoms with E-state index in [4.69, 9.17) is 0 Å². The third-order valence-corrected chi connectivity index (χ3v) is 4.99. The lowest BCUT2D eigenvalue weighted by Crippen LogP contribution is -2.32. The van der Waals surface area contributed by atoms with E-state index in [-0.39, 0.29) is 19.2 Å². The molecular weight excluding hydrogens is 456 g/mol. The summed E-state index contributed by atoms with van der Waals surface area (Å²) in [6.45, 7) is 1.77. The summed E-state index contributed by atoms with van der Waals surface area (Å²) in [5.41, 5.74) is -1.48. The summed E-state index contributed by atoms with van der Waals surface area (Å²) < 4.78 is 79.8. The Kier molecular flexibility index (Phi) is 7.49. The maximum atomic E-state index is 13.3. The van der Waals surface area contributed by atoms with Gasteiger partial charge in [-0.2, -0.15) is 26.3 Å². The number of carbonyl (C=O) groups excluding carboxylic acids is 1. The Bertz CT molecular complexity index is 1120. The number of amides is 1. The molecule has 0 aliphatic heterocycles. The summed E-state index contributed by atoms with van der Waals surface area (Å²) in [7, 11) is 0. The summed E-state index contributed by atoms with van der Waals surface area (Å²) in [4.78, 5) is 14.5. The average Bonchev–Trinajstić information content (AvgIpc) is 2.78. The maximum absolute atomic E-state index is 13.3. The lowest BCUT2D eigenvalue weighted by Gasteiger charge is -2.24. The van der Waals surface area contributed by atoms with Crippen molar-refractivity contribution in [3.63, 3.8) is 0 Å². The van der Waals surface area contributed by atoms with Crippen LogP contribution in [0.4, 0.5) is 26.3 Å². The quantitative estimate of drug-likeness (QED) is 0.337. The minimum atomic E-state index is -5.04. The molecule has 8 heteroatoms. The molecule has 3 rings (SSSR count). The molecule has 0 N–H and O–H groups in total. The van der Waals surface area contributed by atoms with E-state index in [2.05, 4.69) is 0 Å². The van der Waals surface area contributed by atoms with Gasteiger partial charge in [0.1, 0.15) is 0 Å². The molecule has 0 unspecified atom stereocenters. The van der Waals surface area contributed by atoms with Gasteiger partial charge < -0.3 is 4.90 Å². The highest BCUT2D eigenvalue weighted by atomic mass is 19.4. The monoisotopic (exact) mass is 477 g/mol. The zero-order chi connectivity index (χ0) is 24.9. The number of nitrogens with zero attached hydrogens (tertiary/aromatic N) is 1. The van der Waals surface area contributed by atoms with Crippen LogP contribution in [0.25, 0.3) is 6.08 Å². The van der Waals surface area contributed by atoms with E-state index < -0.39 is 35.0 Å². The molecule has 0 atom stereocenters. The predicted molar refractivity (Wildman–Crippen MR) is 118 cm³/mol. The first-order valence-electron chi connectivity index (χ1n) is 10.3. The van der Waals surface area contributed by atoms with Crippen molar-refractivity contribution in [2.75, 3.05) is 6.54 Å². The standard InChI is InChI=1S/C26H21F6NO/c1-18(12-19-8-4-2-5-9-19)16-33(17-20-10-6-3-7-11-20)24(34)21-13-22(25(27,28)29)15-23(14-21)26(30,31)32/h2-15H,16-17H2,1H3/b18-12+. The van der Waals surface area contributed by atoms with Gasteiger partial charge in [-0.1, -0.05) is 72.3 Å². The predicted octanol–water partition coefficient (Wildman–Crippen LogP) is 7.47. The molecule has 178 valence electrons. The topological polar surface area (TPSA) is 20.3 Å². The van der Waals surface area contributed by atoms with Crippen LogP contribution >= 0.6 is 0 Å². The lowest BCUT2D eigenvalue weighted by molar-refractivity contribution is -0.143. The Morgan fingerprint density at radius 2 is 1.29 bits per heavy atom. The van der Waals surface area contributed by atoms with Crippen molar-refractivity contribution in [3.8, 4) is 0 Å². The van der Waals surface area contributed by atoms with E-state index >= 15 is 0 Å². The van der Waals surface area contributed by atoms with E-state index in [1.54, 1.807) is 43.3 Å². The number of alkyl halides is 6. The molecule has 2 nitrogen and oxygen atoms in total. The van der Waals surface area contributed by atoms with Gasteiger partial charge in [-0.25, -0.2) is 0 Å². The summed E-state index contributed by atoms with van der Waals surface area (Å²) in [6.07, 6.45) is -8.27. The van der Waals surface area contributed by atoms with Gasteiger partial charge in [0.05, 0.1) is 11.1 Å². The Hall–Kier alpha value is -3.55. The van der Waals surface area contributed by atoms with Crippen molar-refractivity contribution < 1.29 is 31.1 Å². The second-order valence-electron chi connectivity index (χ2n) is 7.84. The van der Waals surface area contributed by atoms with Gasteiger partial charge in [0.2, 0.25) is 0 Å². The Balaban J connectivity index is 2.01. The van der Waals surface area contributed by atoms with Crippen LogP contribution in [0.5, 0.6) is 0 Å². The van der Waals surface area contributed by atoms with E-state index in [0.29, 0.717) is 23.3 Å². The van der Waals surface area contributed by atoms with Crippen molar-refractivity contribution >= 4 is 12.0 Å². The fourth-order valence-electron chi connectivity index (χ4n) is 3.44. The molecule has 3 aromatic rings. The molecule has 0 aliphatic carbocycles. The maximum Gasteiger partial charge on any atom is 0.416 e. The molecule has 0 fully saturated rings. The van der Waals surface area contributed by atoms with Crippen LogP contribution in [0.2, 0.25) is 0 Å². The van der Waals surface area contributed by atoms with E-state index in [1.165, 1.54) is 4.90 Å². The van der Waals surface area contributed by atoms with Gasteiger partial charge >= 0.3 is 12.4 Å². The summed E-state index contributed by atoms with van der Waals surface area (Å²) >= 11 is 0. The first-order chi connectivity index (χ1) is 15.9. The highest BCUT2D eigenvalue weighted by Crippen LogP contribution is 2.36. The molecule has 0 aliphatic rings. The van der Waals surface area contributed by atoms with Crippen molar-refractivity contribution in [1.82, 2.24) is 4.90 Å². The highest BCUT2D eigenvalue weighted by Gasteiger charge is 2.38. The van der Waals surface area contributed by atoms with Crippen molar-refractivity contribution in [2.45, 2.75) is 25.8 Å². The minimum absolute atomic E-state index is 0.0112. The molecule has 0 bridgehead atoms. The van der Waals surface area contributed by atoms with Crippen molar-refractivity contribution in [3.05, 3.63) is 112 Å². The second kappa shape index (κ2) is 10.2. The number of rotatable bonds is 6. The smallest absolute Gasteiger partial charge is 0.330 e. The number of carbonyl (C=O) groups is 1. The largest absolute Gasteiger partial charge is 0.416 e. The first kappa shape index (κ1) is 25.1. The third-order valence-electron chi connectivity index (χ3n) is 4.99. The van der Waals surface area contributed by atoms with Crippen molar-refractivity contribution in [2.24, 2.45) is 0 Å². The van der Waals surface area contributed by atoms with Crippen LogP contribution in [-0.2, 0) is 18.9 Å². The van der Waals surface area contributed by atoms with Crippen LogP contribution in [0, 0.1) is 0 Å². The molecular formula is C26H21F6NO. The number of hydrogen-bond donors (Lipinski definition) is 0. The molecule has 0 aromatic heterocycles. The summed E-state index contributed by atoms with van der Waals surface area (Å²) in [5, 5.41) is 0. The summed E-state index contributed by atoms with van der Waals surface area (Å²) in [5.74, 6) is -0.929. The molecule has 0 radical (unpaired) electrons. The zero-order valence-electron chi connectivity index (χ0n) is 18.1. The van der Waals surface area contributed by atoms with Crippen LogP contribution < -0.4 is 0 Å². The van der Waals surface area contributed by atoms with Crippen molar-refractivity contribution in [1.29, 1.82) is 0 Å². The SMILES string of the molecule is C/C(=C\c1ccccc1)CN(Cc1ccccc1)C(=O)c1cc(C(F)(F)F)cc(C(F)(F)F)c1. The normalized spacial score (nSPS) is 12.5. The number of hydrogen-bond acceptors (Lipinski definition) is 1. The fraction of sp³-hybridized carbons (Fsp3) is 0.192. The van der Waals surface area contributed by atoms with Gasteiger partial charge in [-0.15, -0.1) is 0 Å². The van der Waals surface area contributed by atoms with Crippen LogP contribution in [0.1, 0.15) is 39.5 Å². The summed E-state index contributed by atoms with van der Waals surface area (Å²) in [6, 6.07) is 18.8. The van der Waals surface area contributed by atoms with Crippen LogP contribution in [-0.4, -0.2) is 17.4 Å². The van der Waals surface area contributed by atoms with Gasteiger partial charge in [0, 0.05) is 18.7 Å². The van der Waals surface area contributed by atoms with E-state index in [0.717, 1.165) is 5.56 Å². The zero-order valence-corrected chi connectivity index (χ0v) is 18.1. The average molecular weight is 477 g/mol. The molecule has 1 amide bonds. The Morgan fingerprint density at radius 3 is 1.79 bits per heavy atom. The molecule has 34 heavy (non-hydrogen) atoms.